The minimum absolute atomic E-state index is 0. The number of hydrogen-bond acceptors (Lipinski definition) is 3. The zero-order valence-electron chi connectivity index (χ0n) is 38.5. The van der Waals surface area contributed by atoms with Gasteiger partial charge in [-0.25, -0.2) is 0 Å². The monoisotopic (exact) mass is 1420 g/mol. The molecule has 0 heterocycles. The zero-order valence-corrected chi connectivity index (χ0v) is 57.5. The fourth-order valence-corrected chi connectivity index (χ4v) is 52.5. The van der Waals surface area contributed by atoms with Crippen molar-refractivity contribution in [3.8, 4) is 0 Å². The van der Waals surface area contributed by atoms with Crippen LogP contribution in [0.25, 0.3) is 0 Å². The van der Waals surface area contributed by atoms with Crippen LogP contribution in [0.4, 0.5) is 0 Å². The van der Waals surface area contributed by atoms with E-state index in [0.29, 0.717) is 45.3 Å². The Morgan fingerprint density at radius 2 is 0.574 bits per heavy atom. The van der Waals surface area contributed by atoms with Crippen LogP contribution in [-0.4, -0.2) is 161 Å². The van der Waals surface area contributed by atoms with E-state index in [1.54, 1.807) is 0 Å². The number of hydrogen-bond donors (Lipinski definition) is 2. The molecule has 0 unspecified atom stereocenters. The van der Waals surface area contributed by atoms with Crippen LogP contribution in [-0.2, 0) is 51.2 Å². The largest absolute Gasteiger partial charge is 0 e. The van der Waals surface area contributed by atoms with E-state index in [1.165, 1.54) is 0 Å². The van der Waals surface area contributed by atoms with Crippen LogP contribution in [0, 0.1) is 0 Å². The molecule has 0 amide bonds. The van der Waals surface area contributed by atoms with Gasteiger partial charge in [0.2, 0.25) is 0 Å². The fourth-order valence-electron chi connectivity index (χ4n) is 5.64. The minimum Gasteiger partial charge on any atom is 0 e. The summed E-state index contributed by atoms with van der Waals surface area (Å²) in [6.07, 6.45) is -5.95. The maximum atomic E-state index is 5.48. The van der Waals surface area contributed by atoms with Crippen molar-refractivity contribution in [3.05, 3.63) is 0 Å². The second kappa shape index (κ2) is 31.0. The molecule has 54 heavy (non-hydrogen) atoms. The molecule has 0 aliphatic carbocycles. The molecule has 0 saturated heterocycles. The van der Waals surface area contributed by atoms with Gasteiger partial charge >= 0.3 is 378 Å². The number of nitrogens with one attached hydrogen (secondary N) is 2. The van der Waals surface area contributed by atoms with Crippen LogP contribution in [0.2, 0.25) is 0 Å². The first kappa shape index (κ1) is 72.6. The van der Waals surface area contributed by atoms with E-state index >= 15 is 0 Å². The van der Waals surface area contributed by atoms with Crippen LogP contribution < -0.4 is 9.72 Å². The molecule has 0 aromatic heterocycles. The molecule has 18 heteroatoms. The van der Waals surface area contributed by atoms with Crippen molar-refractivity contribution in [1.82, 2.24) is 9.72 Å². The molecule has 0 fully saturated rings. The van der Waals surface area contributed by atoms with Gasteiger partial charge in [-0.2, -0.15) is 0 Å². The summed E-state index contributed by atoms with van der Waals surface area (Å²) in [4.78, 5) is 8.29. The van der Waals surface area contributed by atoms with E-state index < -0.39 is 36.3 Å². The van der Waals surface area contributed by atoms with Crippen LogP contribution in [0.3, 0.4) is 0 Å². The molecule has 0 aliphatic rings. The molecule has 6 radical (unpaired) electrons. The first-order valence-electron chi connectivity index (χ1n) is 19.4. The maximum Gasteiger partial charge on any atom is 0 e. The maximum absolute atomic E-state index is 5.48. The van der Waals surface area contributed by atoms with Gasteiger partial charge in [-0.1, -0.05) is 0 Å². The van der Waals surface area contributed by atoms with Gasteiger partial charge in [0.05, 0.1) is 0 Å². The van der Waals surface area contributed by atoms with Gasteiger partial charge in [-0.15, -0.1) is 0 Å². The van der Waals surface area contributed by atoms with Crippen LogP contribution >= 0.6 is 36.3 Å². The first-order chi connectivity index (χ1) is 22.4. The van der Waals surface area contributed by atoms with E-state index in [1.807, 2.05) is 0 Å². The summed E-state index contributed by atoms with van der Waals surface area (Å²) >= 11 is 19.7. The molecule has 0 rings (SSSR count). The zero-order chi connectivity index (χ0) is 42.0. The Morgan fingerprint density at radius 3 is 0.685 bits per heavy atom. The van der Waals surface area contributed by atoms with Crippen molar-refractivity contribution in [2.45, 2.75) is 234 Å². The number of rotatable bonds is 17. The molecule has 0 bridgehead atoms. The summed E-state index contributed by atoms with van der Waals surface area (Å²) in [7, 11) is 0. The van der Waals surface area contributed by atoms with E-state index in [4.69, 9.17) is 4.52 Å². The standard InChI is InChI=1S/2C12H30NP2Se2.C12H29NP2Se2.3Cu/c3*1-9(2)14(16,10(3)4)13-15(17,11(5)6)12(7)8;;;/h2*9-13,16H,1-8H3;9-12,16H,1-8H3;;;/q2*+2;+1;;;. The quantitative estimate of drug-likeness (QED) is 0.112. The molecule has 0 aliphatic heterocycles. The predicted molar refractivity (Wildman–Crippen MR) is 271 cm³/mol. The third kappa shape index (κ3) is 21.1. The Bertz CT molecular complexity index is 904. The van der Waals surface area contributed by atoms with Crippen molar-refractivity contribution in [2.24, 2.45) is 4.52 Å². The number of nitrogens with zero attached hydrogens (tertiary/aromatic N) is 1. The van der Waals surface area contributed by atoms with Crippen molar-refractivity contribution < 1.29 is 51.2 Å². The summed E-state index contributed by atoms with van der Waals surface area (Å²) in [5, 5.41) is 0. The summed E-state index contributed by atoms with van der Waals surface area (Å²) in [5.41, 5.74) is 8.42. The van der Waals surface area contributed by atoms with Crippen LogP contribution in [0.15, 0.2) is 4.52 Å². The SMILES string of the molecule is CC(C)P([SeH])(=N[P+]([Se])(C(C)C)C(C)C)C(C)C.CC(C)[P+]([Se])(N[P+]([SeH])(C(C)C)C(C)C)C(C)C.CC(C)[P+]([Se])(N[P+]([SeH])(C(C)C)C(C)C)C(C)C.[Cu].[Cu].[Cu]. The Labute approximate surface area is 423 Å². The van der Waals surface area contributed by atoms with E-state index in [-0.39, 0.29) is 51.2 Å². The average molecular weight is 1410 g/mol. The molecule has 0 aromatic rings. The summed E-state index contributed by atoms with van der Waals surface area (Å²) in [5.74, 6) is -1.26. The van der Waals surface area contributed by atoms with Crippen LogP contribution in [0.1, 0.15) is 166 Å². The van der Waals surface area contributed by atoms with Crippen molar-refractivity contribution in [1.29, 1.82) is 0 Å². The Hall–Kier alpha value is 6.98. The van der Waals surface area contributed by atoms with Crippen LogP contribution in [0.5, 0.6) is 0 Å². The van der Waals surface area contributed by atoms with Crippen molar-refractivity contribution in [2.75, 3.05) is 0 Å². The van der Waals surface area contributed by atoms with Gasteiger partial charge in [0.25, 0.3) is 0 Å². The third-order valence-electron chi connectivity index (χ3n) is 10.1. The Morgan fingerprint density at radius 1 is 0.389 bits per heavy atom. The molecule has 0 aromatic carbocycles. The van der Waals surface area contributed by atoms with Gasteiger partial charge in [0.15, 0.2) is 0 Å². The van der Waals surface area contributed by atoms with Gasteiger partial charge in [-0.05, 0) is 0 Å². The fraction of sp³-hybridized carbons (Fsp3) is 1.00. The molecule has 0 spiro atoms. The topological polar surface area (TPSA) is 36.4 Å². The van der Waals surface area contributed by atoms with Gasteiger partial charge in [-0.3, -0.25) is 0 Å². The van der Waals surface area contributed by atoms with E-state index in [9.17, 15) is 0 Å². The summed E-state index contributed by atoms with van der Waals surface area (Å²) in [6.45, 7) is 56.4. The summed E-state index contributed by atoms with van der Waals surface area (Å²) in [6, 6.07) is 0. The second-order valence-corrected chi connectivity index (χ2v) is 64.6. The first-order valence-corrected chi connectivity index (χ1v) is 44.9. The van der Waals surface area contributed by atoms with Gasteiger partial charge in [0.1, 0.15) is 0 Å². The van der Waals surface area contributed by atoms with Crippen molar-refractivity contribution in [3.63, 3.8) is 0 Å². The smallest absolute Gasteiger partial charge is 0 e. The van der Waals surface area contributed by atoms with E-state index in [0.717, 1.165) is 22.6 Å². The minimum atomic E-state index is -1.31. The molecule has 2 N–H and O–H groups in total. The normalized spacial score (nSPS) is 13.6. The van der Waals surface area contributed by atoms with E-state index in [2.05, 4.69) is 269 Å². The molecule has 0 atom stereocenters. The Balaban J connectivity index is -0.000000156. The molecular formula is C36H89Cu3N3P6Se6+5. The molecular weight excluding hydrogens is 1320 g/mol. The summed E-state index contributed by atoms with van der Waals surface area (Å²) < 4.78 is 5.48. The average Bonchev–Trinajstić information content (AvgIpc) is 2.95. The third-order valence-corrected chi connectivity index (χ3v) is 78.6. The van der Waals surface area contributed by atoms with Gasteiger partial charge < -0.3 is 0 Å². The second-order valence-electron chi connectivity index (χ2n) is 17.7. The van der Waals surface area contributed by atoms with Crippen molar-refractivity contribution >= 4 is 130 Å². The molecule has 342 valence electrons. The van der Waals surface area contributed by atoms with Gasteiger partial charge in [0, 0.05) is 51.2 Å². The predicted octanol–water partition coefficient (Wildman–Crippen LogP) is 12.6. The Kier molecular flexibility index (Phi) is 41.7. The molecule has 3 nitrogen and oxygen atoms in total. The molecule has 0 saturated carbocycles.